The van der Waals surface area contributed by atoms with E-state index >= 15 is 0 Å². The van der Waals surface area contributed by atoms with Gasteiger partial charge in [-0.05, 0) is 23.5 Å². The van der Waals surface area contributed by atoms with Crippen LogP contribution in [-0.2, 0) is 12.5 Å². The van der Waals surface area contributed by atoms with Crippen molar-refractivity contribution in [3.8, 4) is 0 Å². The highest BCUT2D eigenvalue weighted by Crippen LogP contribution is 2.35. The molecular weight excluding hydrogens is 260 g/mol. The topological polar surface area (TPSA) is 42.7 Å². The van der Waals surface area contributed by atoms with Crippen LogP contribution in [0.4, 0.5) is 11.6 Å². The van der Waals surface area contributed by atoms with Crippen LogP contribution in [0.5, 0.6) is 0 Å². The molecule has 2 rings (SSSR count). The number of rotatable bonds is 2. The molecule has 0 aliphatic carbocycles. The fourth-order valence-corrected chi connectivity index (χ4v) is 2.72. The average molecular weight is 279 g/mol. The molecule has 2 heterocycles. The molecule has 1 N–H and O–H groups in total. The second kappa shape index (κ2) is 4.85. The van der Waals surface area contributed by atoms with Gasteiger partial charge in [-0.3, -0.25) is 4.68 Å². The van der Waals surface area contributed by atoms with Crippen LogP contribution >= 0.6 is 11.6 Å². The number of halogens is 1. The van der Waals surface area contributed by atoms with E-state index in [0.29, 0.717) is 5.02 Å². The van der Waals surface area contributed by atoms with Crippen molar-refractivity contribution in [3.63, 3.8) is 0 Å². The molecule has 5 heteroatoms. The zero-order valence-electron chi connectivity index (χ0n) is 12.0. The van der Waals surface area contributed by atoms with Gasteiger partial charge in [0.2, 0.25) is 0 Å². The molecule has 0 spiro atoms. The molecule has 0 atom stereocenters. The first-order valence-electron chi connectivity index (χ1n) is 6.21. The first-order valence-corrected chi connectivity index (χ1v) is 6.59. The highest BCUT2D eigenvalue weighted by atomic mass is 35.5. The Bertz CT molecular complexity index is 596. The van der Waals surface area contributed by atoms with Crippen LogP contribution in [0.3, 0.4) is 0 Å². The third kappa shape index (κ3) is 2.73. The van der Waals surface area contributed by atoms with Crippen molar-refractivity contribution in [2.24, 2.45) is 7.05 Å². The van der Waals surface area contributed by atoms with Crippen LogP contribution < -0.4 is 5.32 Å². The van der Waals surface area contributed by atoms with Gasteiger partial charge in [0.1, 0.15) is 11.6 Å². The second-order valence-electron chi connectivity index (χ2n) is 5.67. The van der Waals surface area contributed by atoms with Crippen LogP contribution in [0.2, 0.25) is 5.02 Å². The van der Waals surface area contributed by atoms with Gasteiger partial charge in [0.15, 0.2) is 0 Å². The summed E-state index contributed by atoms with van der Waals surface area (Å²) in [4.78, 5) is 4.38. The predicted octanol–water partition coefficient (Wildman–Crippen LogP) is 3.82. The molecule has 0 fully saturated rings. The largest absolute Gasteiger partial charge is 0.325 e. The second-order valence-corrected chi connectivity index (χ2v) is 6.08. The number of anilines is 2. The lowest BCUT2D eigenvalue weighted by atomic mass is 9.84. The number of hydrogen-bond donors (Lipinski definition) is 1. The summed E-state index contributed by atoms with van der Waals surface area (Å²) in [7, 11) is 1.89. The lowest BCUT2D eigenvalue weighted by Gasteiger charge is -2.24. The average Bonchev–Trinajstić information content (AvgIpc) is 2.67. The van der Waals surface area contributed by atoms with Gasteiger partial charge in [0, 0.05) is 19.3 Å². The molecule has 0 amide bonds. The van der Waals surface area contributed by atoms with E-state index in [1.54, 1.807) is 17.1 Å². The van der Waals surface area contributed by atoms with E-state index in [-0.39, 0.29) is 5.41 Å². The zero-order chi connectivity index (χ0) is 14.2. The summed E-state index contributed by atoms with van der Waals surface area (Å²) < 4.78 is 1.77. The molecule has 2 aromatic rings. The number of pyridine rings is 1. The standard InChI is InChI=1S/C14H19ClN4/c1-9-12(14(2,3)4)10(15)8-16-13(9)18-11-6-7-17-19(11)5/h6-8H,1-5H3,(H,16,18). The van der Waals surface area contributed by atoms with Gasteiger partial charge in [0.25, 0.3) is 0 Å². The van der Waals surface area contributed by atoms with Crippen molar-refractivity contribution in [3.05, 3.63) is 34.6 Å². The quantitative estimate of drug-likeness (QED) is 0.908. The fourth-order valence-electron chi connectivity index (χ4n) is 2.24. The Kier molecular flexibility index (Phi) is 3.54. The van der Waals surface area contributed by atoms with E-state index in [1.165, 1.54) is 0 Å². The van der Waals surface area contributed by atoms with Gasteiger partial charge >= 0.3 is 0 Å². The summed E-state index contributed by atoms with van der Waals surface area (Å²) in [6.07, 6.45) is 3.45. The number of nitrogens with zero attached hydrogens (tertiary/aromatic N) is 3. The Morgan fingerprint density at radius 1 is 1.32 bits per heavy atom. The van der Waals surface area contributed by atoms with E-state index in [4.69, 9.17) is 11.6 Å². The van der Waals surface area contributed by atoms with Crippen molar-refractivity contribution >= 4 is 23.2 Å². The third-order valence-corrected chi connectivity index (χ3v) is 3.38. The molecule has 0 saturated carbocycles. The van der Waals surface area contributed by atoms with Crippen LogP contribution in [0, 0.1) is 6.92 Å². The van der Waals surface area contributed by atoms with Crippen LogP contribution in [0.15, 0.2) is 18.5 Å². The molecule has 102 valence electrons. The van der Waals surface area contributed by atoms with Crippen molar-refractivity contribution < 1.29 is 0 Å². The van der Waals surface area contributed by atoms with Crippen molar-refractivity contribution in [1.29, 1.82) is 0 Å². The van der Waals surface area contributed by atoms with Crippen LogP contribution in [-0.4, -0.2) is 14.8 Å². The van der Waals surface area contributed by atoms with Gasteiger partial charge in [0.05, 0.1) is 11.2 Å². The van der Waals surface area contributed by atoms with E-state index in [0.717, 1.165) is 22.8 Å². The minimum atomic E-state index is -0.0208. The van der Waals surface area contributed by atoms with Crippen molar-refractivity contribution in [1.82, 2.24) is 14.8 Å². The number of aryl methyl sites for hydroxylation is 1. The SMILES string of the molecule is Cc1c(Nc2ccnn2C)ncc(Cl)c1C(C)(C)C. The highest BCUT2D eigenvalue weighted by Gasteiger charge is 2.22. The minimum absolute atomic E-state index is 0.0208. The highest BCUT2D eigenvalue weighted by molar-refractivity contribution is 6.31. The van der Waals surface area contributed by atoms with E-state index in [1.807, 2.05) is 20.0 Å². The molecule has 0 unspecified atom stereocenters. The number of hydrogen-bond acceptors (Lipinski definition) is 3. The predicted molar refractivity (Wildman–Crippen MR) is 79.2 cm³/mol. The van der Waals surface area contributed by atoms with Crippen LogP contribution in [0.1, 0.15) is 31.9 Å². The first kappa shape index (κ1) is 13.9. The number of aromatic nitrogens is 3. The van der Waals surface area contributed by atoms with E-state index in [2.05, 4.69) is 36.2 Å². The summed E-state index contributed by atoms with van der Waals surface area (Å²) in [6.45, 7) is 8.48. The molecule has 0 radical (unpaired) electrons. The van der Waals surface area contributed by atoms with Crippen LogP contribution in [0.25, 0.3) is 0 Å². The Balaban J connectivity index is 2.46. The lowest BCUT2D eigenvalue weighted by molar-refractivity contribution is 0.585. The van der Waals surface area contributed by atoms with Gasteiger partial charge < -0.3 is 5.32 Å². The van der Waals surface area contributed by atoms with Crippen molar-refractivity contribution in [2.75, 3.05) is 5.32 Å². The maximum Gasteiger partial charge on any atom is 0.134 e. The molecule has 4 nitrogen and oxygen atoms in total. The Morgan fingerprint density at radius 2 is 2.00 bits per heavy atom. The molecule has 2 aromatic heterocycles. The van der Waals surface area contributed by atoms with Gasteiger partial charge in [-0.25, -0.2) is 4.98 Å². The first-order chi connectivity index (χ1) is 8.80. The molecule has 19 heavy (non-hydrogen) atoms. The molecule has 0 aromatic carbocycles. The molecule has 0 saturated heterocycles. The minimum Gasteiger partial charge on any atom is -0.325 e. The smallest absolute Gasteiger partial charge is 0.134 e. The zero-order valence-corrected chi connectivity index (χ0v) is 12.7. The summed E-state index contributed by atoms with van der Waals surface area (Å²) in [5.41, 5.74) is 2.17. The lowest BCUT2D eigenvalue weighted by Crippen LogP contribution is -2.16. The van der Waals surface area contributed by atoms with E-state index in [9.17, 15) is 0 Å². The Labute approximate surface area is 118 Å². The summed E-state index contributed by atoms with van der Waals surface area (Å²) in [5, 5.41) is 8.13. The molecule has 0 aliphatic heterocycles. The van der Waals surface area contributed by atoms with Gasteiger partial charge in [-0.1, -0.05) is 32.4 Å². The third-order valence-electron chi connectivity index (χ3n) is 3.09. The normalized spacial score (nSPS) is 11.7. The molecular formula is C14H19ClN4. The monoisotopic (exact) mass is 278 g/mol. The molecule has 0 bridgehead atoms. The van der Waals surface area contributed by atoms with E-state index < -0.39 is 0 Å². The van der Waals surface area contributed by atoms with Crippen molar-refractivity contribution in [2.45, 2.75) is 33.1 Å². The maximum atomic E-state index is 6.29. The van der Waals surface area contributed by atoms with Gasteiger partial charge in [-0.2, -0.15) is 5.10 Å². The summed E-state index contributed by atoms with van der Waals surface area (Å²) >= 11 is 6.29. The van der Waals surface area contributed by atoms with Gasteiger partial charge in [-0.15, -0.1) is 0 Å². The summed E-state index contributed by atoms with van der Waals surface area (Å²) in [6, 6.07) is 1.91. The molecule has 0 aliphatic rings. The summed E-state index contributed by atoms with van der Waals surface area (Å²) in [5.74, 6) is 1.72. The number of nitrogens with one attached hydrogen (secondary N) is 1. The maximum absolute atomic E-state index is 6.29. The Morgan fingerprint density at radius 3 is 2.53 bits per heavy atom. The fraction of sp³-hybridized carbons (Fsp3) is 0.429. The Hall–Kier alpha value is -1.55.